The van der Waals surface area contributed by atoms with Gasteiger partial charge in [0.15, 0.2) is 0 Å². The normalized spacial score (nSPS) is 9.53. The van der Waals surface area contributed by atoms with Gasteiger partial charge in [-0.25, -0.2) is 0 Å². The van der Waals surface area contributed by atoms with Gasteiger partial charge in [0.2, 0.25) is 0 Å². The summed E-state index contributed by atoms with van der Waals surface area (Å²) in [6.07, 6.45) is 2.61. The van der Waals surface area contributed by atoms with Gasteiger partial charge in [-0.1, -0.05) is 30.8 Å². The van der Waals surface area contributed by atoms with E-state index in [0.717, 1.165) is 16.7 Å². The van der Waals surface area contributed by atoms with Crippen LogP contribution >= 0.6 is 0 Å². The van der Waals surface area contributed by atoms with Gasteiger partial charge < -0.3 is 11.2 Å². The molecule has 0 bridgehead atoms. The van der Waals surface area contributed by atoms with Gasteiger partial charge in [0.25, 0.3) is 5.91 Å². The van der Waals surface area contributed by atoms with Crippen molar-refractivity contribution in [2.45, 2.75) is 0 Å². The maximum atomic E-state index is 10.3. The summed E-state index contributed by atoms with van der Waals surface area (Å²) in [4.78, 5) is 14.0. The maximum absolute atomic E-state index is 10.3. The number of rotatable bonds is 2. The Labute approximate surface area is 126 Å². The van der Waals surface area contributed by atoms with Crippen molar-refractivity contribution in [1.82, 2.24) is 0 Å². The third kappa shape index (κ3) is 9.76. The first-order chi connectivity index (χ1) is 7.20. The van der Waals surface area contributed by atoms with Crippen molar-refractivity contribution in [3.8, 4) is 0 Å². The molecule has 1 rings (SSSR count). The summed E-state index contributed by atoms with van der Waals surface area (Å²) in [6.45, 7) is 9.80. The number of carbonyl (C=O) groups is 1. The molecule has 0 aliphatic heterocycles. The van der Waals surface area contributed by atoms with Gasteiger partial charge in [-0.3, -0.25) is 9.79 Å². The van der Waals surface area contributed by atoms with Gasteiger partial charge in [-0.05, 0) is 10.4 Å². The molecule has 0 unspecified atom stereocenters. The van der Waals surface area contributed by atoms with E-state index in [1.165, 1.54) is 0 Å². The van der Waals surface area contributed by atoms with Crippen LogP contribution in [0.4, 0.5) is 0 Å². The molecular weight excluding hydrogens is 442 g/mol. The molecule has 0 saturated carbocycles. The number of hydrogen-bond donors (Lipinski definition) is 1. The number of primary amides is 1. The van der Waals surface area contributed by atoms with Gasteiger partial charge in [0.05, 0.1) is 6.21 Å². The van der Waals surface area contributed by atoms with Gasteiger partial charge >= 0.3 is 0 Å². The smallest absolute Gasteiger partial charge is 0.259 e. The summed E-state index contributed by atoms with van der Waals surface area (Å²) < 4.78 is 0. The van der Waals surface area contributed by atoms with Gasteiger partial charge in [-0.15, -0.1) is 13.2 Å². The van der Waals surface area contributed by atoms with Crippen LogP contribution in [0.1, 0.15) is 1.43 Å². The van der Waals surface area contributed by atoms with Crippen LogP contribution in [0, 0.1) is 31.1 Å². The summed E-state index contributed by atoms with van der Waals surface area (Å²) in [5.41, 5.74) is 4.87. The number of amides is 1. The molecule has 0 fully saturated rings. The monoisotopic (exact) mass is 460 g/mol. The standard InChI is InChI=1S/C10H10N2O.C2H4.H2O.U.H2/c1-8-4-2-3-5-9(8)6-12-7-10(11)13;1-2;;;/h2-7H,1H2,(H2,11,13);1-2H2;1H2;;1H/b9-6-,12-7?;;;;. The van der Waals surface area contributed by atoms with Crippen molar-refractivity contribution >= 4 is 24.9 Å². The average Bonchev–Trinajstić information content (AvgIpc) is 2.23. The van der Waals surface area contributed by atoms with Gasteiger partial charge in [0.1, 0.15) is 0 Å². The quantitative estimate of drug-likeness (QED) is 0.474. The molecule has 1 aromatic carbocycles. The van der Waals surface area contributed by atoms with E-state index < -0.39 is 5.91 Å². The largest absolute Gasteiger partial charge is 0.412 e. The van der Waals surface area contributed by atoms with Crippen LogP contribution in [0.15, 0.2) is 42.4 Å². The third-order valence-corrected chi connectivity index (χ3v) is 1.47. The Kier molecular flexibility index (Phi) is 16.1. The zero-order valence-corrected chi connectivity index (χ0v) is 13.7. The fourth-order valence-electron chi connectivity index (χ4n) is 0.851. The predicted octanol–water partition coefficient (Wildman–Crippen LogP) is -0.385. The molecule has 0 spiro atoms. The summed E-state index contributed by atoms with van der Waals surface area (Å²) in [5, 5.41) is 1.74. The van der Waals surface area contributed by atoms with Crippen LogP contribution in [-0.2, 0) is 4.79 Å². The Balaban J connectivity index is -0.000000186. The van der Waals surface area contributed by atoms with Crippen LogP contribution in [-0.4, -0.2) is 17.6 Å². The van der Waals surface area contributed by atoms with Gasteiger partial charge in [-0.2, -0.15) is 0 Å². The van der Waals surface area contributed by atoms with Crippen LogP contribution < -0.4 is 16.2 Å². The van der Waals surface area contributed by atoms with E-state index in [-0.39, 0.29) is 38.0 Å². The summed E-state index contributed by atoms with van der Waals surface area (Å²) in [7, 11) is 0. The molecular formula is C12H18N2O2U. The molecule has 1 aromatic rings. The minimum absolute atomic E-state index is 0. The fraction of sp³-hybridized carbons (Fsp3) is 0. The maximum Gasteiger partial charge on any atom is 0.259 e. The van der Waals surface area contributed by atoms with E-state index in [2.05, 4.69) is 24.7 Å². The molecule has 4 nitrogen and oxygen atoms in total. The number of benzene rings is 1. The van der Waals surface area contributed by atoms with E-state index in [1.54, 1.807) is 6.20 Å². The number of aliphatic imine (C=N–C) groups is 1. The molecule has 1 amide bonds. The van der Waals surface area contributed by atoms with E-state index in [0.29, 0.717) is 0 Å². The first kappa shape index (κ1) is 21.2. The van der Waals surface area contributed by atoms with E-state index in [1.807, 2.05) is 24.3 Å². The summed E-state index contributed by atoms with van der Waals surface area (Å²) >= 11 is 0. The van der Waals surface area contributed by atoms with Crippen molar-refractivity contribution in [2.24, 2.45) is 10.7 Å². The Bertz CT molecular complexity index is 463. The molecule has 0 atom stereocenters. The Morgan fingerprint density at radius 1 is 1.35 bits per heavy atom. The fourth-order valence-corrected chi connectivity index (χ4v) is 0.851. The predicted molar refractivity (Wildman–Crippen MR) is 70.3 cm³/mol. The zero-order valence-electron chi connectivity index (χ0n) is 9.52. The molecule has 0 saturated heterocycles. The summed E-state index contributed by atoms with van der Waals surface area (Å²) in [6, 6.07) is 7.49. The van der Waals surface area contributed by atoms with Gasteiger partial charge in [0, 0.05) is 38.7 Å². The van der Waals surface area contributed by atoms with Crippen LogP contribution in [0.5, 0.6) is 0 Å². The van der Waals surface area contributed by atoms with Crippen molar-refractivity contribution in [3.63, 3.8) is 0 Å². The second-order valence-corrected chi connectivity index (χ2v) is 2.51. The minimum Gasteiger partial charge on any atom is -0.412 e. The van der Waals surface area contributed by atoms with Crippen LogP contribution in [0.2, 0.25) is 0 Å². The molecule has 17 heavy (non-hydrogen) atoms. The number of nitrogens with two attached hydrogens (primary N) is 1. The first-order valence-corrected chi connectivity index (χ1v) is 4.27. The zero-order chi connectivity index (χ0) is 11.7. The number of hydrogen-bond acceptors (Lipinski definition) is 2. The third-order valence-electron chi connectivity index (χ3n) is 1.47. The van der Waals surface area contributed by atoms with Crippen molar-refractivity contribution < 1.29 is 42.8 Å². The average molecular weight is 460 g/mol. The second kappa shape index (κ2) is 12.9. The molecule has 0 heterocycles. The SMILES string of the molecule is C=C.C=c1cccc/c1=C/N=CC(N)=O.O.[HH].[U]. The molecule has 0 aromatic heterocycles. The first-order valence-electron chi connectivity index (χ1n) is 4.27. The number of nitrogens with zero attached hydrogens (tertiary/aromatic N) is 1. The Morgan fingerprint density at radius 3 is 2.35 bits per heavy atom. The summed E-state index contributed by atoms with van der Waals surface area (Å²) in [5.74, 6) is -0.558. The van der Waals surface area contributed by atoms with Crippen molar-refractivity contribution in [2.75, 3.05) is 0 Å². The van der Waals surface area contributed by atoms with E-state index >= 15 is 0 Å². The van der Waals surface area contributed by atoms with E-state index in [4.69, 9.17) is 5.73 Å². The topological polar surface area (TPSA) is 86.9 Å². The minimum atomic E-state index is -0.558. The Hall–Kier alpha value is -1.15. The molecule has 0 aliphatic rings. The number of carbonyl (C=O) groups excluding carboxylic acids is 1. The van der Waals surface area contributed by atoms with Crippen LogP contribution in [0.3, 0.4) is 0 Å². The molecule has 92 valence electrons. The molecule has 5 heteroatoms. The van der Waals surface area contributed by atoms with Crippen molar-refractivity contribution in [3.05, 3.63) is 47.9 Å². The Morgan fingerprint density at radius 2 is 1.88 bits per heavy atom. The van der Waals surface area contributed by atoms with Crippen LogP contribution in [0.25, 0.3) is 12.8 Å². The van der Waals surface area contributed by atoms with E-state index in [9.17, 15) is 4.79 Å². The molecule has 0 aliphatic carbocycles. The molecule has 4 N–H and O–H groups in total. The molecule has 0 radical (unpaired) electrons. The second-order valence-electron chi connectivity index (χ2n) is 2.51. The van der Waals surface area contributed by atoms with Crippen molar-refractivity contribution in [1.29, 1.82) is 0 Å².